The van der Waals surface area contributed by atoms with Gasteiger partial charge in [-0.25, -0.2) is 8.78 Å². The third-order valence-electron chi connectivity index (χ3n) is 2.03. The molecule has 0 atom stereocenters. The van der Waals surface area contributed by atoms with E-state index in [1.807, 2.05) is 0 Å². The highest BCUT2D eigenvalue weighted by Gasteiger charge is 2.07. The first-order valence-electron chi connectivity index (χ1n) is 3.87. The smallest absolute Gasteiger partial charge is 0.160 e. The Hall–Kier alpha value is -1.42. The van der Waals surface area contributed by atoms with Crippen molar-refractivity contribution in [3.63, 3.8) is 0 Å². The monoisotopic (exact) mass is 182 g/mol. The first kappa shape index (κ1) is 8.19. The Morgan fingerprint density at radius 3 is 2.62 bits per heavy atom. The highest BCUT2D eigenvalue weighted by molar-refractivity contribution is 5.83. The van der Waals surface area contributed by atoms with Gasteiger partial charge in [-0.3, -0.25) is 0 Å². The van der Waals surface area contributed by atoms with Crippen LogP contribution < -0.4 is 5.73 Å². The van der Waals surface area contributed by atoms with Crippen molar-refractivity contribution < 1.29 is 8.78 Å². The molecule has 0 saturated carbocycles. The Bertz CT molecular complexity index is 448. The van der Waals surface area contributed by atoms with Crippen LogP contribution in [0.3, 0.4) is 0 Å². The molecule has 0 amide bonds. The van der Waals surface area contributed by atoms with E-state index in [-0.39, 0.29) is 0 Å². The number of nitrogens with two attached hydrogens (primary N) is 1. The van der Waals surface area contributed by atoms with Crippen LogP contribution in [0.4, 0.5) is 8.78 Å². The highest BCUT2D eigenvalue weighted by Crippen LogP contribution is 2.20. The van der Waals surface area contributed by atoms with Crippen LogP contribution in [0.25, 0.3) is 10.9 Å². The number of fused-ring (bicyclic) bond motifs is 1. The number of nitrogens with one attached hydrogen (secondary N) is 1. The molecule has 4 heteroatoms. The van der Waals surface area contributed by atoms with E-state index in [0.29, 0.717) is 17.4 Å². The number of hydrogen-bond donors (Lipinski definition) is 2. The standard InChI is InChI=1S/C9H8F2N2/c10-7-1-6-5(3-12)4-13-9(6)2-8(7)11/h1-2,4,13H,3,12H2. The van der Waals surface area contributed by atoms with Crippen LogP contribution >= 0.6 is 0 Å². The van der Waals surface area contributed by atoms with Crippen LogP contribution in [0.1, 0.15) is 5.56 Å². The third-order valence-corrected chi connectivity index (χ3v) is 2.03. The fraction of sp³-hybridized carbons (Fsp3) is 0.111. The van der Waals surface area contributed by atoms with Crippen molar-refractivity contribution >= 4 is 10.9 Å². The number of aromatic amines is 1. The zero-order chi connectivity index (χ0) is 9.42. The van der Waals surface area contributed by atoms with Gasteiger partial charge in [-0.05, 0) is 11.6 Å². The molecule has 0 radical (unpaired) electrons. The molecule has 0 fully saturated rings. The van der Waals surface area contributed by atoms with Crippen molar-refractivity contribution in [1.29, 1.82) is 0 Å². The van der Waals surface area contributed by atoms with Crippen LogP contribution in [-0.2, 0) is 6.54 Å². The summed E-state index contributed by atoms with van der Waals surface area (Å²) in [4.78, 5) is 2.82. The fourth-order valence-electron chi connectivity index (χ4n) is 1.34. The molecule has 1 heterocycles. The predicted molar refractivity (Wildman–Crippen MR) is 46.1 cm³/mol. The molecular formula is C9H8F2N2. The Morgan fingerprint density at radius 2 is 1.92 bits per heavy atom. The van der Waals surface area contributed by atoms with Crippen LogP contribution in [0.15, 0.2) is 18.3 Å². The van der Waals surface area contributed by atoms with E-state index >= 15 is 0 Å². The number of benzene rings is 1. The first-order valence-corrected chi connectivity index (χ1v) is 3.87. The summed E-state index contributed by atoms with van der Waals surface area (Å²) in [7, 11) is 0. The van der Waals surface area contributed by atoms with E-state index < -0.39 is 11.6 Å². The van der Waals surface area contributed by atoms with Gasteiger partial charge >= 0.3 is 0 Å². The van der Waals surface area contributed by atoms with Crippen LogP contribution in [0.5, 0.6) is 0 Å². The maximum Gasteiger partial charge on any atom is 0.160 e. The van der Waals surface area contributed by atoms with E-state index in [1.54, 1.807) is 6.20 Å². The minimum atomic E-state index is -0.849. The molecule has 0 aliphatic carbocycles. The summed E-state index contributed by atoms with van der Waals surface area (Å²) in [5.41, 5.74) is 6.77. The Morgan fingerprint density at radius 1 is 1.23 bits per heavy atom. The van der Waals surface area contributed by atoms with Gasteiger partial charge in [0.25, 0.3) is 0 Å². The number of aromatic nitrogens is 1. The lowest BCUT2D eigenvalue weighted by atomic mass is 10.1. The fourth-order valence-corrected chi connectivity index (χ4v) is 1.34. The molecule has 0 saturated heterocycles. The second-order valence-electron chi connectivity index (χ2n) is 2.83. The number of rotatable bonds is 1. The van der Waals surface area contributed by atoms with Gasteiger partial charge in [0, 0.05) is 29.7 Å². The summed E-state index contributed by atoms with van der Waals surface area (Å²) in [5.74, 6) is -1.69. The van der Waals surface area contributed by atoms with Crippen molar-refractivity contribution in [3.05, 3.63) is 35.5 Å². The molecule has 0 aliphatic rings. The van der Waals surface area contributed by atoms with Crippen molar-refractivity contribution in [2.45, 2.75) is 6.54 Å². The lowest BCUT2D eigenvalue weighted by molar-refractivity contribution is 0.511. The Kier molecular flexibility index (Phi) is 1.77. The van der Waals surface area contributed by atoms with Gasteiger partial charge < -0.3 is 10.7 Å². The second kappa shape index (κ2) is 2.81. The largest absolute Gasteiger partial charge is 0.361 e. The highest BCUT2D eigenvalue weighted by atomic mass is 19.2. The van der Waals surface area contributed by atoms with Gasteiger partial charge in [0.15, 0.2) is 11.6 Å². The van der Waals surface area contributed by atoms with Gasteiger partial charge in [-0.2, -0.15) is 0 Å². The van der Waals surface area contributed by atoms with Gasteiger partial charge in [0.2, 0.25) is 0 Å². The number of H-pyrrole nitrogens is 1. The molecule has 1 aromatic carbocycles. The average Bonchev–Trinajstić information content (AvgIpc) is 2.48. The van der Waals surface area contributed by atoms with Crippen molar-refractivity contribution in [2.24, 2.45) is 5.73 Å². The van der Waals surface area contributed by atoms with Crippen molar-refractivity contribution in [2.75, 3.05) is 0 Å². The van der Waals surface area contributed by atoms with Crippen molar-refractivity contribution in [3.8, 4) is 0 Å². The summed E-state index contributed by atoms with van der Waals surface area (Å²) in [6.45, 7) is 0.311. The molecule has 13 heavy (non-hydrogen) atoms. The molecule has 0 aliphatic heterocycles. The van der Waals surface area contributed by atoms with E-state index in [4.69, 9.17) is 5.73 Å². The summed E-state index contributed by atoms with van der Waals surface area (Å²) in [5, 5.41) is 0.640. The van der Waals surface area contributed by atoms with Gasteiger partial charge in [-0.15, -0.1) is 0 Å². The lowest BCUT2D eigenvalue weighted by Gasteiger charge is -1.95. The maximum atomic E-state index is 12.8. The third kappa shape index (κ3) is 1.19. The van der Waals surface area contributed by atoms with Gasteiger partial charge in [-0.1, -0.05) is 0 Å². The van der Waals surface area contributed by atoms with Gasteiger partial charge in [0.05, 0.1) is 0 Å². The zero-order valence-corrected chi connectivity index (χ0v) is 6.77. The first-order chi connectivity index (χ1) is 6.22. The minimum Gasteiger partial charge on any atom is -0.361 e. The van der Waals surface area contributed by atoms with Crippen LogP contribution in [-0.4, -0.2) is 4.98 Å². The summed E-state index contributed by atoms with van der Waals surface area (Å²) < 4.78 is 25.5. The Labute approximate surface area is 73.4 Å². The molecule has 0 spiro atoms. The summed E-state index contributed by atoms with van der Waals surface area (Å²) in [6.07, 6.45) is 1.66. The minimum absolute atomic E-state index is 0.311. The lowest BCUT2D eigenvalue weighted by Crippen LogP contribution is -1.94. The molecule has 2 nitrogen and oxygen atoms in total. The molecular weight excluding hydrogens is 174 g/mol. The van der Waals surface area contributed by atoms with Gasteiger partial charge in [0.1, 0.15) is 0 Å². The predicted octanol–water partition coefficient (Wildman–Crippen LogP) is 1.90. The van der Waals surface area contributed by atoms with E-state index in [0.717, 1.165) is 17.7 Å². The summed E-state index contributed by atoms with van der Waals surface area (Å²) >= 11 is 0. The van der Waals surface area contributed by atoms with Crippen molar-refractivity contribution in [1.82, 2.24) is 4.98 Å². The number of hydrogen-bond acceptors (Lipinski definition) is 1. The molecule has 68 valence electrons. The molecule has 2 rings (SSSR count). The SMILES string of the molecule is NCc1c[nH]c2cc(F)c(F)cc12. The Balaban J connectivity index is 2.77. The quantitative estimate of drug-likeness (QED) is 0.694. The maximum absolute atomic E-state index is 12.8. The van der Waals surface area contributed by atoms with Crippen LogP contribution in [0, 0.1) is 11.6 Å². The normalized spacial score (nSPS) is 11.0. The second-order valence-corrected chi connectivity index (χ2v) is 2.83. The molecule has 0 bridgehead atoms. The summed E-state index contributed by atoms with van der Waals surface area (Å²) in [6, 6.07) is 2.28. The van der Waals surface area contributed by atoms with E-state index in [9.17, 15) is 8.78 Å². The zero-order valence-electron chi connectivity index (χ0n) is 6.77. The van der Waals surface area contributed by atoms with E-state index in [1.165, 1.54) is 0 Å². The molecule has 1 aromatic heterocycles. The van der Waals surface area contributed by atoms with Crippen LogP contribution in [0.2, 0.25) is 0 Å². The molecule has 0 unspecified atom stereocenters. The topological polar surface area (TPSA) is 41.8 Å². The average molecular weight is 182 g/mol. The van der Waals surface area contributed by atoms with E-state index in [2.05, 4.69) is 4.98 Å². The molecule has 3 N–H and O–H groups in total. The molecule has 2 aromatic rings. The number of halogens is 2.